The third kappa shape index (κ3) is 2.91. The fraction of sp³-hybridized carbons (Fsp3) is 0.625. The van der Waals surface area contributed by atoms with E-state index in [2.05, 4.69) is 24.0 Å². The van der Waals surface area contributed by atoms with E-state index in [1.54, 1.807) is 0 Å². The summed E-state index contributed by atoms with van der Waals surface area (Å²) in [6.45, 7) is 7.64. The molecule has 0 amide bonds. The van der Waals surface area contributed by atoms with E-state index in [9.17, 15) is 0 Å². The number of ether oxygens (including phenoxy) is 2. The van der Waals surface area contributed by atoms with Crippen LogP contribution in [0.2, 0.25) is 0 Å². The number of piperidine rings is 1. The van der Waals surface area contributed by atoms with Gasteiger partial charge in [-0.15, -0.1) is 0 Å². The Hall–Kier alpha value is -1.26. The molecule has 2 heterocycles. The topological polar surface area (TPSA) is 47.7 Å². The van der Waals surface area contributed by atoms with Gasteiger partial charge in [-0.05, 0) is 49.0 Å². The van der Waals surface area contributed by atoms with Crippen LogP contribution in [0.25, 0.3) is 0 Å². The SMILES string of the molecule is CC1CCN(Cc2ccc3c(c2)OCCO3)CC1CN. The van der Waals surface area contributed by atoms with E-state index in [-0.39, 0.29) is 0 Å². The summed E-state index contributed by atoms with van der Waals surface area (Å²) in [7, 11) is 0. The van der Waals surface area contributed by atoms with Crippen LogP contribution in [0.5, 0.6) is 11.5 Å². The number of likely N-dealkylation sites (tertiary alicyclic amines) is 1. The Balaban J connectivity index is 1.65. The van der Waals surface area contributed by atoms with E-state index in [0.717, 1.165) is 43.6 Å². The Morgan fingerprint density at radius 1 is 1.25 bits per heavy atom. The van der Waals surface area contributed by atoms with Gasteiger partial charge in [-0.2, -0.15) is 0 Å². The Labute approximate surface area is 120 Å². The molecule has 1 saturated heterocycles. The average molecular weight is 276 g/mol. The lowest BCUT2D eigenvalue weighted by atomic mass is 9.87. The largest absolute Gasteiger partial charge is 0.486 e. The maximum atomic E-state index is 5.88. The van der Waals surface area contributed by atoms with Crippen molar-refractivity contribution < 1.29 is 9.47 Å². The summed E-state index contributed by atoms with van der Waals surface area (Å²) in [5.74, 6) is 3.12. The van der Waals surface area contributed by atoms with Gasteiger partial charge in [-0.3, -0.25) is 4.90 Å². The number of nitrogens with two attached hydrogens (primary N) is 1. The fourth-order valence-corrected chi connectivity index (χ4v) is 3.12. The summed E-state index contributed by atoms with van der Waals surface area (Å²) in [4.78, 5) is 2.50. The number of hydrogen-bond donors (Lipinski definition) is 1. The van der Waals surface area contributed by atoms with Gasteiger partial charge in [-0.25, -0.2) is 0 Å². The first kappa shape index (κ1) is 13.7. The molecule has 4 nitrogen and oxygen atoms in total. The third-order valence-corrected chi connectivity index (χ3v) is 4.51. The van der Waals surface area contributed by atoms with Gasteiger partial charge >= 0.3 is 0 Å². The zero-order chi connectivity index (χ0) is 13.9. The lowest BCUT2D eigenvalue weighted by Gasteiger charge is -2.36. The summed E-state index contributed by atoms with van der Waals surface area (Å²) >= 11 is 0. The first-order valence-corrected chi connectivity index (χ1v) is 7.57. The van der Waals surface area contributed by atoms with Crippen LogP contribution in [0.4, 0.5) is 0 Å². The molecule has 0 aromatic heterocycles. The highest BCUT2D eigenvalue weighted by Crippen LogP contribution is 2.31. The highest BCUT2D eigenvalue weighted by atomic mass is 16.6. The van der Waals surface area contributed by atoms with Crippen molar-refractivity contribution in [3.05, 3.63) is 23.8 Å². The highest BCUT2D eigenvalue weighted by molar-refractivity contribution is 5.43. The molecule has 2 atom stereocenters. The van der Waals surface area contributed by atoms with Crippen molar-refractivity contribution >= 4 is 0 Å². The number of nitrogens with zero attached hydrogens (tertiary/aromatic N) is 1. The van der Waals surface area contributed by atoms with Crippen molar-refractivity contribution in [1.29, 1.82) is 0 Å². The highest BCUT2D eigenvalue weighted by Gasteiger charge is 2.25. The standard InChI is InChI=1S/C16H24N2O2/c1-12-4-5-18(11-14(12)9-17)10-13-2-3-15-16(8-13)20-7-6-19-15/h2-3,8,12,14H,4-7,9-11,17H2,1H3. The van der Waals surface area contributed by atoms with Crippen molar-refractivity contribution in [1.82, 2.24) is 4.90 Å². The monoisotopic (exact) mass is 276 g/mol. The molecule has 2 N–H and O–H groups in total. The van der Waals surface area contributed by atoms with E-state index >= 15 is 0 Å². The minimum Gasteiger partial charge on any atom is -0.486 e. The number of rotatable bonds is 3. The van der Waals surface area contributed by atoms with Crippen LogP contribution in [0.1, 0.15) is 18.9 Å². The molecule has 0 aliphatic carbocycles. The van der Waals surface area contributed by atoms with Gasteiger partial charge in [0.15, 0.2) is 11.5 Å². The maximum Gasteiger partial charge on any atom is 0.161 e. The molecule has 0 bridgehead atoms. The molecule has 2 unspecified atom stereocenters. The molecule has 1 fully saturated rings. The fourth-order valence-electron chi connectivity index (χ4n) is 3.12. The van der Waals surface area contributed by atoms with Gasteiger partial charge < -0.3 is 15.2 Å². The summed E-state index contributed by atoms with van der Waals surface area (Å²) in [5, 5.41) is 0. The first-order chi connectivity index (χ1) is 9.76. The molecule has 4 heteroatoms. The molecule has 20 heavy (non-hydrogen) atoms. The number of benzene rings is 1. The Kier molecular flexibility index (Phi) is 4.13. The van der Waals surface area contributed by atoms with E-state index in [1.165, 1.54) is 12.0 Å². The minimum absolute atomic E-state index is 0.626. The van der Waals surface area contributed by atoms with Crippen molar-refractivity contribution in [2.75, 3.05) is 32.8 Å². The van der Waals surface area contributed by atoms with E-state index in [0.29, 0.717) is 19.1 Å². The van der Waals surface area contributed by atoms with Gasteiger partial charge in [0.2, 0.25) is 0 Å². The van der Waals surface area contributed by atoms with Crippen molar-refractivity contribution in [3.63, 3.8) is 0 Å². The molecule has 1 aromatic rings. The molecule has 0 radical (unpaired) electrons. The summed E-state index contributed by atoms with van der Waals surface area (Å²) in [5.41, 5.74) is 7.17. The predicted octanol–water partition coefficient (Wildman–Crippen LogP) is 1.87. The van der Waals surface area contributed by atoms with Crippen LogP contribution in [-0.2, 0) is 6.54 Å². The van der Waals surface area contributed by atoms with Crippen molar-refractivity contribution in [2.45, 2.75) is 19.9 Å². The second-order valence-corrected chi connectivity index (χ2v) is 5.97. The molecule has 3 rings (SSSR count). The van der Waals surface area contributed by atoms with Crippen LogP contribution >= 0.6 is 0 Å². The average Bonchev–Trinajstić information content (AvgIpc) is 2.49. The molecule has 0 saturated carbocycles. The summed E-state index contributed by atoms with van der Waals surface area (Å²) in [6.07, 6.45) is 1.24. The lowest BCUT2D eigenvalue weighted by molar-refractivity contribution is 0.125. The van der Waals surface area contributed by atoms with Crippen LogP contribution < -0.4 is 15.2 Å². The van der Waals surface area contributed by atoms with Crippen LogP contribution in [0.15, 0.2) is 18.2 Å². The van der Waals surface area contributed by atoms with E-state index < -0.39 is 0 Å². The van der Waals surface area contributed by atoms with Crippen LogP contribution in [-0.4, -0.2) is 37.7 Å². The van der Waals surface area contributed by atoms with Crippen LogP contribution in [0.3, 0.4) is 0 Å². The normalized spacial score (nSPS) is 26.5. The van der Waals surface area contributed by atoms with Crippen molar-refractivity contribution in [2.24, 2.45) is 17.6 Å². The molecule has 2 aliphatic rings. The first-order valence-electron chi connectivity index (χ1n) is 7.57. The van der Waals surface area contributed by atoms with Gasteiger partial charge in [0.05, 0.1) is 0 Å². The second kappa shape index (κ2) is 6.02. The molecule has 0 spiro atoms. The van der Waals surface area contributed by atoms with Gasteiger partial charge in [0, 0.05) is 13.1 Å². The third-order valence-electron chi connectivity index (χ3n) is 4.51. The summed E-state index contributed by atoms with van der Waals surface area (Å²) < 4.78 is 11.2. The predicted molar refractivity (Wildman–Crippen MR) is 79.0 cm³/mol. The maximum absolute atomic E-state index is 5.88. The molecule has 1 aromatic carbocycles. The quantitative estimate of drug-likeness (QED) is 0.915. The van der Waals surface area contributed by atoms with Gasteiger partial charge in [-0.1, -0.05) is 13.0 Å². The minimum atomic E-state index is 0.626. The van der Waals surface area contributed by atoms with E-state index in [1.807, 2.05) is 6.07 Å². The molecular formula is C16H24N2O2. The Morgan fingerprint density at radius 3 is 2.85 bits per heavy atom. The number of hydrogen-bond acceptors (Lipinski definition) is 4. The van der Waals surface area contributed by atoms with Gasteiger partial charge in [0.1, 0.15) is 13.2 Å². The van der Waals surface area contributed by atoms with Crippen LogP contribution in [0, 0.1) is 11.8 Å². The Morgan fingerprint density at radius 2 is 2.05 bits per heavy atom. The van der Waals surface area contributed by atoms with E-state index in [4.69, 9.17) is 15.2 Å². The molecule has 2 aliphatic heterocycles. The zero-order valence-corrected chi connectivity index (χ0v) is 12.2. The number of fused-ring (bicyclic) bond motifs is 1. The molecular weight excluding hydrogens is 252 g/mol. The van der Waals surface area contributed by atoms with Gasteiger partial charge in [0.25, 0.3) is 0 Å². The summed E-state index contributed by atoms with van der Waals surface area (Å²) in [6, 6.07) is 6.28. The Bertz CT molecular complexity index is 464. The lowest BCUT2D eigenvalue weighted by Crippen LogP contribution is -2.42. The second-order valence-electron chi connectivity index (χ2n) is 5.97. The van der Waals surface area contributed by atoms with Crippen molar-refractivity contribution in [3.8, 4) is 11.5 Å². The molecule has 110 valence electrons. The zero-order valence-electron chi connectivity index (χ0n) is 12.2. The smallest absolute Gasteiger partial charge is 0.161 e.